The number of aliphatic hydroxyl groups excluding tert-OH is 1. The summed E-state index contributed by atoms with van der Waals surface area (Å²) in [5.74, 6) is 0. The van der Waals surface area contributed by atoms with Crippen molar-refractivity contribution in [3.05, 3.63) is 29.8 Å². The number of rotatable bonds is 5. The van der Waals surface area contributed by atoms with Crippen molar-refractivity contribution < 1.29 is 5.11 Å². The van der Waals surface area contributed by atoms with Gasteiger partial charge in [-0.15, -0.1) is 0 Å². The minimum atomic E-state index is 0.103. The number of anilines is 1. The molecular weight excluding hydrogens is 200 g/mol. The van der Waals surface area contributed by atoms with Crippen LogP contribution >= 0.6 is 0 Å². The van der Waals surface area contributed by atoms with E-state index in [1.165, 1.54) is 0 Å². The lowest BCUT2D eigenvalue weighted by Crippen LogP contribution is -2.38. The first-order valence-corrected chi connectivity index (χ1v) is 5.70. The second kappa shape index (κ2) is 5.87. The Morgan fingerprint density at radius 3 is 2.19 bits per heavy atom. The molecule has 0 fully saturated rings. The highest BCUT2D eigenvalue weighted by molar-refractivity contribution is 5.44. The van der Waals surface area contributed by atoms with E-state index in [2.05, 4.69) is 31.4 Å². The Hall–Kier alpha value is -1.06. The summed E-state index contributed by atoms with van der Waals surface area (Å²) in [6.07, 6.45) is 0. The van der Waals surface area contributed by atoms with E-state index in [1.807, 2.05) is 24.3 Å². The van der Waals surface area contributed by atoms with Crippen molar-refractivity contribution in [3.63, 3.8) is 0 Å². The van der Waals surface area contributed by atoms with Gasteiger partial charge in [-0.25, -0.2) is 0 Å². The lowest BCUT2D eigenvalue weighted by molar-refractivity contribution is 0.282. The van der Waals surface area contributed by atoms with Crippen LogP contribution in [0.5, 0.6) is 0 Å². The number of hydrogen-bond donors (Lipinski definition) is 3. The van der Waals surface area contributed by atoms with E-state index in [0.717, 1.165) is 24.3 Å². The zero-order chi connectivity index (χ0) is 12.0. The fraction of sp³-hybridized carbons (Fsp3) is 0.538. The van der Waals surface area contributed by atoms with Crippen LogP contribution in [-0.2, 0) is 6.61 Å². The molecular formula is C13H22N2O. The first-order valence-electron chi connectivity index (χ1n) is 5.70. The van der Waals surface area contributed by atoms with E-state index >= 15 is 0 Å². The number of benzene rings is 1. The third-order valence-electron chi connectivity index (χ3n) is 2.25. The minimum absolute atomic E-state index is 0.103. The molecule has 1 aromatic carbocycles. The summed E-state index contributed by atoms with van der Waals surface area (Å²) >= 11 is 0. The molecule has 0 bridgehead atoms. The van der Waals surface area contributed by atoms with E-state index in [-0.39, 0.29) is 12.1 Å². The van der Waals surface area contributed by atoms with Crippen molar-refractivity contribution in [1.29, 1.82) is 0 Å². The van der Waals surface area contributed by atoms with Crippen LogP contribution in [0.1, 0.15) is 26.3 Å². The Morgan fingerprint density at radius 2 is 1.69 bits per heavy atom. The molecule has 3 N–H and O–H groups in total. The SMILES string of the molecule is CC(C)(C)NCCNc1ccc(CO)cc1. The standard InChI is InChI=1S/C13H22N2O/c1-13(2,3)15-9-8-14-12-6-4-11(10-16)5-7-12/h4-7,14-16H,8-10H2,1-3H3. The van der Waals surface area contributed by atoms with Gasteiger partial charge < -0.3 is 15.7 Å². The Bertz CT molecular complexity index is 301. The first kappa shape index (κ1) is 13.0. The molecule has 0 aliphatic carbocycles. The normalized spacial score (nSPS) is 11.5. The summed E-state index contributed by atoms with van der Waals surface area (Å²) in [6, 6.07) is 7.84. The first-order chi connectivity index (χ1) is 7.51. The maximum Gasteiger partial charge on any atom is 0.0681 e. The summed E-state index contributed by atoms with van der Waals surface area (Å²) in [6.45, 7) is 8.40. The highest BCUT2D eigenvalue weighted by Gasteiger charge is 2.06. The molecule has 0 aliphatic rings. The second-order valence-electron chi connectivity index (χ2n) is 4.96. The molecule has 90 valence electrons. The highest BCUT2D eigenvalue weighted by Crippen LogP contribution is 2.08. The van der Waals surface area contributed by atoms with Gasteiger partial charge >= 0.3 is 0 Å². The van der Waals surface area contributed by atoms with Crippen LogP contribution in [0.2, 0.25) is 0 Å². The van der Waals surface area contributed by atoms with Crippen LogP contribution in [0.3, 0.4) is 0 Å². The molecule has 0 heterocycles. The smallest absolute Gasteiger partial charge is 0.0681 e. The van der Waals surface area contributed by atoms with Crippen LogP contribution in [0.4, 0.5) is 5.69 Å². The van der Waals surface area contributed by atoms with Crippen LogP contribution in [-0.4, -0.2) is 23.7 Å². The van der Waals surface area contributed by atoms with E-state index in [4.69, 9.17) is 5.11 Å². The maximum atomic E-state index is 8.90. The Balaban J connectivity index is 2.27. The van der Waals surface area contributed by atoms with Crippen molar-refractivity contribution >= 4 is 5.69 Å². The molecule has 3 nitrogen and oxygen atoms in total. The molecule has 0 radical (unpaired) electrons. The van der Waals surface area contributed by atoms with Gasteiger partial charge in [0.1, 0.15) is 0 Å². The van der Waals surface area contributed by atoms with E-state index in [9.17, 15) is 0 Å². The fourth-order valence-electron chi connectivity index (χ4n) is 1.37. The van der Waals surface area contributed by atoms with Gasteiger partial charge in [-0.1, -0.05) is 12.1 Å². The average Bonchev–Trinajstić information content (AvgIpc) is 2.24. The maximum absolute atomic E-state index is 8.90. The van der Waals surface area contributed by atoms with E-state index in [1.54, 1.807) is 0 Å². The van der Waals surface area contributed by atoms with Gasteiger partial charge in [-0.2, -0.15) is 0 Å². The Kier molecular flexibility index (Phi) is 4.77. The monoisotopic (exact) mass is 222 g/mol. The topological polar surface area (TPSA) is 44.3 Å². The Labute approximate surface area is 97.9 Å². The van der Waals surface area contributed by atoms with Gasteiger partial charge in [-0.05, 0) is 38.5 Å². The van der Waals surface area contributed by atoms with Gasteiger partial charge in [-0.3, -0.25) is 0 Å². The number of aliphatic hydroxyl groups is 1. The van der Waals surface area contributed by atoms with Crippen molar-refractivity contribution in [1.82, 2.24) is 5.32 Å². The molecule has 1 rings (SSSR count). The summed E-state index contributed by atoms with van der Waals surface area (Å²) in [5.41, 5.74) is 2.20. The highest BCUT2D eigenvalue weighted by atomic mass is 16.3. The Morgan fingerprint density at radius 1 is 1.06 bits per heavy atom. The van der Waals surface area contributed by atoms with Gasteiger partial charge in [0.25, 0.3) is 0 Å². The summed E-state index contributed by atoms with van der Waals surface area (Å²) < 4.78 is 0. The number of hydrogen-bond acceptors (Lipinski definition) is 3. The van der Waals surface area contributed by atoms with Gasteiger partial charge in [0, 0.05) is 24.3 Å². The van der Waals surface area contributed by atoms with Crippen molar-refractivity contribution in [2.75, 3.05) is 18.4 Å². The fourth-order valence-corrected chi connectivity index (χ4v) is 1.37. The molecule has 16 heavy (non-hydrogen) atoms. The van der Waals surface area contributed by atoms with Crippen molar-refractivity contribution in [2.45, 2.75) is 32.9 Å². The van der Waals surface area contributed by atoms with Crippen molar-refractivity contribution in [2.24, 2.45) is 0 Å². The molecule has 0 spiro atoms. The van der Waals surface area contributed by atoms with Crippen LogP contribution in [0.25, 0.3) is 0 Å². The quantitative estimate of drug-likeness (QED) is 0.667. The molecule has 0 aliphatic heterocycles. The molecule has 0 saturated carbocycles. The van der Waals surface area contributed by atoms with Crippen LogP contribution < -0.4 is 10.6 Å². The summed E-state index contributed by atoms with van der Waals surface area (Å²) in [5, 5.41) is 15.6. The molecule has 0 amide bonds. The largest absolute Gasteiger partial charge is 0.392 e. The lowest BCUT2D eigenvalue weighted by atomic mass is 10.1. The minimum Gasteiger partial charge on any atom is -0.392 e. The summed E-state index contributed by atoms with van der Waals surface area (Å²) in [4.78, 5) is 0. The van der Waals surface area contributed by atoms with Gasteiger partial charge in [0.2, 0.25) is 0 Å². The molecule has 0 atom stereocenters. The molecule has 1 aromatic rings. The molecule has 3 heteroatoms. The van der Waals surface area contributed by atoms with Crippen LogP contribution in [0.15, 0.2) is 24.3 Å². The molecule has 0 saturated heterocycles. The third kappa shape index (κ3) is 5.14. The summed E-state index contributed by atoms with van der Waals surface area (Å²) in [7, 11) is 0. The van der Waals surface area contributed by atoms with Gasteiger partial charge in [0.15, 0.2) is 0 Å². The number of nitrogens with one attached hydrogen (secondary N) is 2. The van der Waals surface area contributed by atoms with E-state index < -0.39 is 0 Å². The average molecular weight is 222 g/mol. The molecule has 0 unspecified atom stereocenters. The predicted molar refractivity (Wildman–Crippen MR) is 68.6 cm³/mol. The lowest BCUT2D eigenvalue weighted by Gasteiger charge is -2.20. The second-order valence-corrected chi connectivity index (χ2v) is 4.96. The third-order valence-corrected chi connectivity index (χ3v) is 2.25. The molecule has 0 aromatic heterocycles. The zero-order valence-corrected chi connectivity index (χ0v) is 10.4. The zero-order valence-electron chi connectivity index (χ0n) is 10.4. The van der Waals surface area contributed by atoms with Crippen LogP contribution in [0, 0.1) is 0 Å². The van der Waals surface area contributed by atoms with Crippen molar-refractivity contribution in [3.8, 4) is 0 Å². The van der Waals surface area contributed by atoms with Gasteiger partial charge in [0.05, 0.1) is 6.61 Å². The van der Waals surface area contributed by atoms with E-state index in [0.29, 0.717) is 0 Å². The predicted octanol–water partition coefficient (Wildman–Crippen LogP) is 1.98.